The van der Waals surface area contributed by atoms with Gasteiger partial charge in [0, 0.05) is 18.8 Å². The second kappa shape index (κ2) is 9.48. The van der Waals surface area contributed by atoms with Gasteiger partial charge in [-0.2, -0.15) is 0 Å². The molecular formula is C25H23Cl2N7OS. The predicted molar refractivity (Wildman–Crippen MR) is 147 cm³/mol. The molecule has 0 amide bonds. The molecule has 5 aromatic rings. The second-order valence-electron chi connectivity index (χ2n) is 9.00. The van der Waals surface area contributed by atoms with Crippen molar-refractivity contribution < 1.29 is 0 Å². The van der Waals surface area contributed by atoms with Crippen molar-refractivity contribution in [3.8, 4) is 11.5 Å². The zero-order valence-corrected chi connectivity index (χ0v) is 21.8. The van der Waals surface area contributed by atoms with Gasteiger partial charge in [0.1, 0.15) is 5.69 Å². The average Bonchev–Trinajstić information content (AvgIpc) is 3.46. The van der Waals surface area contributed by atoms with Crippen molar-refractivity contribution in [2.75, 3.05) is 18.4 Å². The van der Waals surface area contributed by atoms with E-state index >= 15 is 0 Å². The topological polar surface area (TPSA) is 101 Å². The van der Waals surface area contributed by atoms with Crippen molar-refractivity contribution in [1.29, 1.82) is 0 Å². The number of fused-ring (bicyclic) bond motifs is 3. The fourth-order valence-electron chi connectivity index (χ4n) is 4.75. The largest absolute Gasteiger partial charge is 0.323 e. The Kier molecular flexibility index (Phi) is 6.17. The summed E-state index contributed by atoms with van der Waals surface area (Å²) in [5.74, 6) is 1.58. The number of para-hydroxylation sites is 1. The van der Waals surface area contributed by atoms with Gasteiger partial charge in [0.2, 0.25) is 5.95 Å². The number of thiazole rings is 1. The van der Waals surface area contributed by atoms with Gasteiger partial charge in [-0.3, -0.25) is 4.79 Å². The standard InChI is InChI=1S/C25H23Cl2N7OS/c1-34-22-17(31-25(34)32-21-14(26)5-2-6-15(21)27)8-7-16-20(22)24(35)33-23(30-16)18-12-36-19(29-18)10-13-4-3-9-28-11-13/h2,5-8,12-13,28H,3-4,9-11H2,1H3,(H,31,32)(H,30,33,35). The summed E-state index contributed by atoms with van der Waals surface area (Å²) in [5.41, 5.74) is 2.92. The second-order valence-corrected chi connectivity index (χ2v) is 10.8. The zero-order chi connectivity index (χ0) is 24.8. The Morgan fingerprint density at radius 2 is 1.94 bits per heavy atom. The monoisotopic (exact) mass is 539 g/mol. The first-order valence-corrected chi connectivity index (χ1v) is 13.4. The molecule has 1 unspecified atom stereocenters. The van der Waals surface area contributed by atoms with Gasteiger partial charge in [0.15, 0.2) is 5.82 Å². The van der Waals surface area contributed by atoms with E-state index in [4.69, 9.17) is 33.2 Å². The summed E-state index contributed by atoms with van der Waals surface area (Å²) in [6.07, 6.45) is 3.36. The van der Waals surface area contributed by atoms with Gasteiger partial charge in [0.25, 0.3) is 5.56 Å². The number of nitrogens with zero attached hydrogens (tertiary/aromatic N) is 4. The summed E-state index contributed by atoms with van der Waals surface area (Å²) >= 11 is 14.3. The third-order valence-electron chi connectivity index (χ3n) is 6.56. The third-order valence-corrected chi connectivity index (χ3v) is 8.06. The minimum absolute atomic E-state index is 0.239. The first-order valence-electron chi connectivity index (χ1n) is 11.7. The van der Waals surface area contributed by atoms with Gasteiger partial charge in [-0.05, 0) is 56.1 Å². The van der Waals surface area contributed by atoms with Crippen LogP contribution < -0.4 is 16.2 Å². The molecule has 3 aromatic heterocycles. The normalized spacial score (nSPS) is 16.1. The van der Waals surface area contributed by atoms with E-state index in [1.165, 1.54) is 12.8 Å². The summed E-state index contributed by atoms with van der Waals surface area (Å²) < 4.78 is 1.81. The molecule has 1 aliphatic heterocycles. The first kappa shape index (κ1) is 23.4. The van der Waals surface area contributed by atoms with Crippen LogP contribution in [0.4, 0.5) is 11.6 Å². The Balaban J connectivity index is 1.37. The molecule has 2 aromatic carbocycles. The number of imidazole rings is 1. The van der Waals surface area contributed by atoms with Gasteiger partial charge >= 0.3 is 0 Å². The molecule has 1 saturated heterocycles. The quantitative estimate of drug-likeness (QED) is 0.271. The average molecular weight is 540 g/mol. The number of aryl methyl sites for hydroxylation is 1. The molecule has 0 aliphatic carbocycles. The highest BCUT2D eigenvalue weighted by Gasteiger charge is 2.19. The molecule has 4 heterocycles. The van der Waals surface area contributed by atoms with Gasteiger partial charge < -0.3 is 20.2 Å². The molecule has 0 radical (unpaired) electrons. The van der Waals surface area contributed by atoms with E-state index in [1.54, 1.807) is 29.5 Å². The summed E-state index contributed by atoms with van der Waals surface area (Å²) in [4.78, 5) is 30.4. The zero-order valence-electron chi connectivity index (χ0n) is 19.4. The van der Waals surface area contributed by atoms with Crippen LogP contribution in [-0.4, -0.2) is 37.6 Å². The van der Waals surface area contributed by atoms with Gasteiger partial charge in [-0.1, -0.05) is 29.3 Å². The molecule has 8 nitrogen and oxygen atoms in total. The molecule has 1 atom stereocenters. The highest BCUT2D eigenvalue weighted by molar-refractivity contribution is 7.09. The number of anilines is 2. The molecule has 11 heteroatoms. The Hall–Kier alpha value is -2.98. The number of aromatic nitrogens is 5. The molecule has 0 spiro atoms. The Labute approximate surface area is 220 Å². The fraction of sp³-hybridized carbons (Fsp3) is 0.280. The fourth-order valence-corrected chi connectivity index (χ4v) is 6.14. The summed E-state index contributed by atoms with van der Waals surface area (Å²) in [6, 6.07) is 8.95. The van der Waals surface area contributed by atoms with E-state index in [1.807, 2.05) is 29.1 Å². The molecule has 36 heavy (non-hydrogen) atoms. The van der Waals surface area contributed by atoms with Crippen molar-refractivity contribution in [3.05, 3.63) is 61.1 Å². The van der Waals surface area contributed by atoms with Crippen molar-refractivity contribution in [2.24, 2.45) is 13.0 Å². The number of halogens is 2. The van der Waals surface area contributed by atoms with Crippen LogP contribution in [0.25, 0.3) is 33.5 Å². The Bertz CT molecular complexity index is 1630. The highest BCUT2D eigenvalue weighted by Crippen LogP contribution is 2.34. The lowest BCUT2D eigenvalue weighted by atomic mass is 9.97. The molecule has 6 rings (SSSR count). The van der Waals surface area contributed by atoms with Crippen molar-refractivity contribution in [3.63, 3.8) is 0 Å². The van der Waals surface area contributed by atoms with E-state index in [-0.39, 0.29) is 5.56 Å². The van der Waals surface area contributed by atoms with Gasteiger partial charge in [-0.15, -0.1) is 11.3 Å². The molecule has 1 fully saturated rings. The smallest absolute Gasteiger partial charge is 0.261 e. The number of benzene rings is 2. The van der Waals surface area contributed by atoms with E-state index in [0.29, 0.717) is 61.1 Å². The molecule has 0 bridgehead atoms. The highest BCUT2D eigenvalue weighted by atomic mass is 35.5. The number of hydrogen-bond donors (Lipinski definition) is 3. The summed E-state index contributed by atoms with van der Waals surface area (Å²) in [7, 11) is 1.84. The maximum atomic E-state index is 13.3. The van der Waals surface area contributed by atoms with Crippen LogP contribution in [0.2, 0.25) is 10.0 Å². The maximum absolute atomic E-state index is 13.3. The molecule has 1 aliphatic rings. The van der Waals surface area contributed by atoms with E-state index in [2.05, 4.69) is 20.6 Å². The maximum Gasteiger partial charge on any atom is 0.261 e. The number of piperidine rings is 1. The number of hydrogen-bond acceptors (Lipinski definition) is 7. The summed E-state index contributed by atoms with van der Waals surface area (Å²) in [5, 5.41) is 11.1. The van der Waals surface area contributed by atoms with Crippen LogP contribution in [0.3, 0.4) is 0 Å². The van der Waals surface area contributed by atoms with Crippen LogP contribution in [0.1, 0.15) is 17.8 Å². The lowest BCUT2D eigenvalue weighted by Gasteiger charge is -2.21. The Morgan fingerprint density at radius 3 is 2.72 bits per heavy atom. The lowest BCUT2D eigenvalue weighted by molar-refractivity contribution is 0.376. The van der Waals surface area contributed by atoms with Crippen LogP contribution in [0.15, 0.2) is 40.5 Å². The number of rotatable bonds is 5. The van der Waals surface area contributed by atoms with E-state index in [9.17, 15) is 4.79 Å². The van der Waals surface area contributed by atoms with Gasteiger partial charge in [0.05, 0.1) is 42.7 Å². The SMILES string of the molecule is Cn1c(Nc2c(Cl)cccc2Cl)nc2ccc3nc(-c4csc(CC5CCCNC5)n4)[nH]c(=O)c3c21. The predicted octanol–water partition coefficient (Wildman–Crippen LogP) is 5.53. The van der Waals surface area contributed by atoms with E-state index < -0.39 is 0 Å². The lowest BCUT2D eigenvalue weighted by Crippen LogP contribution is -2.30. The minimum atomic E-state index is -0.239. The van der Waals surface area contributed by atoms with Crippen LogP contribution >= 0.6 is 34.5 Å². The van der Waals surface area contributed by atoms with Gasteiger partial charge in [-0.25, -0.2) is 15.0 Å². The van der Waals surface area contributed by atoms with Crippen LogP contribution in [0.5, 0.6) is 0 Å². The van der Waals surface area contributed by atoms with Crippen LogP contribution in [-0.2, 0) is 13.5 Å². The number of nitrogens with one attached hydrogen (secondary N) is 3. The molecule has 3 N–H and O–H groups in total. The molecular weight excluding hydrogens is 517 g/mol. The minimum Gasteiger partial charge on any atom is -0.323 e. The number of H-pyrrole nitrogens is 1. The molecule has 0 saturated carbocycles. The third kappa shape index (κ3) is 4.26. The van der Waals surface area contributed by atoms with Crippen molar-refractivity contribution in [2.45, 2.75) is 19.3 Å². The van der Waals surface area contributed by atoms with Crippen molar-refractivity contribution in [1.82, 2.24) is 29.8 Å². The van der Waals surface area contributed by atoms with Crippen LogP contribution in [0, 0.1) is 5.92 Å². The van der Waals surface area contributed by atoms with E-state index in [0.717, 1.165) is 24.5 Å². The first-order chi connectivity index (χ1) is 17.5. The number of aromatic amines is 1. The Morgan fingerprint density at radius 1 is 1.14 bits per heavy atom. The molecule has 184 valence electrons. The summed E-state index contributed by atoms with van der Waals surface area (Å²) in [6.45, 7) is 2.12. The van der Waals surface area contributed by atoms with Crippen molar-refractivity contribution >= 4 is 68.1 Å².